The van der Waals surface area contributed by atoms with Gasteiger partial charge in [0.15, 0.2) is 0 Å². The molecule has 62 valence electrons. The van der Waals surface area contributed by atoms with Gasteiger partial charge in [-0.2, -0.15) is 5.26 Å². The first-order valence-electron chi connectivity index (χ1n) is 2.99. The van der Waals surface area contributed by atoms with Crippen molar-refractivity contribution in [2.45, 2.75) is 4.90 Å². The number of halogens is 1. The Kier molecular flexibility index (Phi) is 2.50. The van der Waals surface area contributed by atoms with Gasteiger partial charge < -0.3 is 0 Å². The number of hydrogen-bond donors (Lipinski definition) is 0. The maximum Gasteiger partial charge on any atom is 0.238 e. The SMILES string of the molecule is N#Cc1ccccc1S(=O)(=O)Br. The van der Waals surface area contributed by atoms with Gasteiger partial charge in [0.2, 0.25) is 8.27 Å². The van der Waals surface area contributed by atoms with E-state index in [1.165, 1.54) is 12.1 Å². The highest BCUT2D eigenvalue weighted by molar-refractivity contribution is 9.47. The fraction of sp³-hybridized carbons (Fsp3) is 0. The van der Waals surface area contributed by atoms with Gasteiger partial charge in [-0.05, 0) is 12.1 Å². The quantitative estimate of drug-likeness (QED) is 0.708. The molecule has 0 spiro atoms. The summed E-state index contributed by atoms with van der Waals surface area (Å²) in [4.78, 5) is 0.00694. The summed E-state index contributed by atoms with van der Waals surface area (Å²) in [5.74, 6) is 0. The van der Waals surface area contributed by atoms with Crippen LogP contribution in [0.1, 0.15) is 5.56 Å². The van der Waals surface area contributed by atoms with Crippen LogP contribution in [0, 0.1) is 11.3 Å². The predicted molar refractivity (Wildman–Crippen MR) is 47.3 cm³/mol. The van der Waals surface area contributed by atoms with Crippen LogP contribution in [0.3, 0.4) is 0 Å². The third kappa shape index (κ3) is 1.84. The third-order valence-corrected chi connectivity index (χ3v) is 3.20. The summed E-state index contributed by atoms with van der Waals surface area (Å²) in [5, 5.41) is 8.55. The third-order valence-electron chi connectivity index (χ3n) is 1.27. The van der Waals surface area contributed by atoms with Gasteiger partial charge in [-0.25, -0.2) is 8.42 Å². The standard InChI is InChI=1S/C7H4BrNO2S/c8-12(10,11)7-4-2-1-3-6(7)5-9/h1-4H. The zero-order chi connectivity index (χ0) is 9.19. The molecule has 0 unspecified atom stereocenters. The first-order valence-corrected chi connectivity index (χ1v) is 6.32. The molecule has 0 aliphatic rings. The topological polar surface area (TPSA) is 57.9 Å². The average Bonchev–Trinajstić information content (AvgIpc) is 2.03. The summed E-state index contributed by atoms with van der Waals surface area (Å²) in [6.45, 7) is 0. The van der Waals surface area contributed by atoms with E-state index in [2.05, 4.69) is 14.8 Å². The monoisotopic (exact) mass is 245 g/mol. The molecule has 0 saturated carbocycles. The largest absolute Gasteiger partial charge is 0.238 e. The molecule has 0 atom stereocenters. The van der Waals surface area contributed by atoms with Gasteiger partial charge in [-0.1, -0.05) is 12.1 Å². The van der Waals surface area contributed by atoms with E-state index in [0.29, 0.717) is 0 Å². The van der Waals surface area contributed by atoms with Crippen molar-refractivity contribution >= 4 is 23.1 Å². The van der Waals surface area contributed by atoms with Gasteiger partial charge in [-0.15, -0.1) is 0 Å². The molecule has 0 aliphatic carbocycles. The van der Waals surface area contributed by atoms with Crippen molar-refractivity contribution in [3.63, 3.8) is 0 Å². The van der Waals surface area contributed by atoms with Crippen molar-refractivity contribution in [2.24, 2.45) is 0 Å². The Labute approximate surface area is 77.8 Å². The number of nitriles is 1. The van der Waals surface area contributed by atoms with Crippen molar-refractivity contribution in [1.29, 1.82) is 5.26 Å². The van der Waals surface area contributed by atoms with E-state index in [9.17, 15) is 8.42 Å². The van der Waals surface area contributed by atoms with Crippen molar-refractivity contribution < 1.29 is 8.42 Å². The molecule has 0 radical (unpaired) electrons. The lowest BCUT2D eigenvalue weighted by Gasteiger charge is -1.96. The van der Waals surface area contributed by atoms with E-state index < -0.39 is 8.27 Å². The molecule has 0 N–H and O–H groups in total. The molecule has 1 aromatic rings. The molecule has 0 aliphatic heterocycles. The second-order valence-electron chi connectivity index (χ2n) is 2.05. The van der Waals surface area contributed by atoms with E-state index in [4.69, 9.17) is 5.26 Å². The van der Waals surface area contributed by atoms with E-state index in [0.717, 1.165) is 0 Å². The maximum atomic E-state index is 11.0. The van der Waals surface area contributed by atoms with Gasteiger partial charge in [0.05, 0.1) is 25.3 Å². The van der Waals surface area contributed by atoms with Gasteiger partial charge in [0, 0.05) is 0 Å². The predicted octanol–water partition coefficient (Wildman–Crippen LogP) is 1.64. The van der Waals surface area contributed by atoms with E-state index in [-0.39, 0.29) is 10.5 Å². The lowest BCUT2D eigenvalue weighted by atomic mass is 10.2. The van der Waals surface area contributed by atoms with Crippen LogP contribution in [-0.4, -0.2) is 8.42 Å². The summed E-state index contributed by atoms with van der Waals surface area (Å²) in [5.41, 5.74) is 0.148. The molecule has 3 nitrogen and oxygen atoms in total. The van der Waals surface area contributed by atoms with Crippen LogP contribution in [0.25, 0.3) is 0 Å². The summed E-state index contributed by atoms with van der Waals surface area (Å²) in [6, 6.07) is 7.80. The number of rotatable bonds is 1. The Morgan fingerprint density at radius 3 is 2.33 bits per heavy atom. The highest BCUT2D eigenvalue weighted by Crippen LogP contribution is 2.19. The smallest absolute Gasteiger partial charge is 0.212 e. The van der Waals surface area contributed by atoms with Gasteiger partial charge >= 0.3 is 0 Å². The zero-order valence-electron chi connectivity index (χ0n) is 5.86. The van der Waals surface area contributed by atoms with Crippen molar-refractivity contribution in [3.8, 4) is 6.07 Å². The summed E-state index contributed by atoms with van der Waals surface area (Å²) in [6.07, 6.45) is 0. The minimum Gasteiger partial charge on any atom is -0.212 e. The fourth-order valence-corrected chi connectivity index (χ4v) is 2.24. The highest BCUT2D eigenvalue weighted by Gasteiger charge is 2.13. The van der Waals surface area contributed by atoms with E-state index in [1.807, 2.05) is 0 Å². The highest BCUT2D eigenvalue weighted by atomic mass is 79.9. The summed E-state index contributed by atoms with van der Waals surface area (Å²) >= 11 is 2.50. The lowest BCUT2D eigenvalue weighted by Crippen LogP contribution is -1.93. The number of benzene rings is 1. The normalized spacial score (nSPS) is 10.7. The van der Waals surface area contributed by atoms with Crippen LogP contribution in [0.4, 0.5) is 0 Å². The molecule has 0 heterocycles. The molecule has 5 heteroatoms. The average molecular weight is 246 g/mol. The van der Waals surface area contributed by atoms with Crippen molar-refractivity contribution in [2.75, 3.05) is 0 Å². The summed E-state index contributed by atoms with van der Waals surface area (Å²) < 4.78 is 22.0. The molecule has 12 heavy (non-hydrogen) atoms. The van der Waals surface area contributed by atoms with E-state index >= 15 is 0 Å². The van der Waals surface area contributed by atoms with Gasteiger partial charge in [0.25, 0.3) is 0 Å². The molecule has 1 rings (SSSR count). The lowest BCUT2D eigenvalue weighted by molar-refractivity contribution is 0.611. The minimum absolute atomic E-state index is 0.00694. The second kappa shape index (κ2) is 3.25. The van der Waals surface area contributed by atoms with Gasteiger partial charge in [0.1, 0.15) is 6.07 Å². The zero-order valence-corrected chi connectivity index (χ0v) is 8.26. The Bertz CT molecular complexity index is 433. The molecule has 0 aromatic heterocycles. The molecule has 0 fully saturated rings. The molecule has 0 bridgehead atoms. The second-order valence-corrected chi connectivity index (χ2v) is 5.92. The van der Waals surface area contributed by atoms with E-state index in [1.54, 1.807) is 18.2 Å². The molecular weight excluding hydrogens is 242 g/mol. The van der Waals surface area contributed by atoms with Crippen LogP contribution < -0.4 is 0 Å². The Balaban J connectivity index is 3.47. The summed E-state index contributed by atoms with van der Waals surface area (Å²) in [7, 11) is -3.46. The van der Waals surface area contributed by atoms with Gasteiger partial charge in [-0.3, -0.25) is 0 Å². The molecule has 0 amide bonds. The fourth-order valence-electron chi connectivity index (χ4n) is 0.772. The minimum atomic E-state index is -3.46. The molecule has 0 saturated heterocycles. The first kappa shape index (κ1) is 9.23. The van der Waals surface area contributed by atoms with Crippen LogP contribution in [0.5, 0.6) is 0 Å². The Hall–Kier alpha value is -0.860. The Morgan fingerprint density at radius 2 is 1.92 bits per heavy atom. The van der Waals surface area contributed by atoms with Crippen molar-refractivity contribution in [1.82, 2.24) is 0 Å². The van der Waals surface area contributed by atoms with Crippen LogP contribution in [-0.2, 0) is 8.27 Å². The molecular formula is C7H4BrNO2S. The maximum absolute atomic E-state index is 11.0. The van der Waals surface area contributed by atoms with Crippen molar-refractivity contribution in [3.05, 3.63) is 29.8 Å². The van der Waals surface area contributed by atoms with Crippen LogP contribution >= 0.6 is 14.8 Å². The first-order chi connectivity index (χ1) is 5.55. The van der Waals surface area contributed by atoms with Crippen LogP contribution in [0.2, 0.25) is 0 Å². The molecule has 1 aromatic carbocycles. The number of nitrogens with zero attached hydrogens (tertiary/aromatic N) is 1. The Morgan fingerprint density at radius 1 is 1.33 bits per heavy atom. The number of hydrogen-bond acceptors (Lipinski definition) is 3. The van der Waals surface area contributed by atoms with Crippen LogP contribution in [0.15, 0.2) is 29.2 Å².